The summed E-state index contributed by atoms with van der Waals surface area (Å²) in [6.07, 6.45) is 2.84. The number of ether oxygens (including phenoxy) is 1. The molecule has 2 atom stereocenters. The first-order valence-electron chi connectivity index (χ1n) is 9.17. The highest BCUT2D eigenvalue weighted by Crippen LogP contribution is 2.27. The minimum absolute atomic E-state index is 0.0753. The molecular weight excluding hydrogens is 360 g/mol. The molecule has 0 saturated carbocycles. The zero-order chi connectivity index (χ0) is 19.2. The second kappa shape index (κ2) is 9.08. The molecule has 1 aliphatic heterocycles. The Labute approximate surface area is 164 Å². The van der Waals surface area contributed by atoms with Crippen molar-refractivity contribution >= 4 is 29.2 Å². The van der Waals surface area contributed by atoms with Crippen LogP contribution in [0.15, 0.2) is 41.7 Å². The first kappa shape index (κ1) is 19.5. The van der Waals surface area contributed by atoms with Crippen molar-refractivity contribution in [2.45, 2.75) is 25.3 Å². The van der Waals surface area contributed by atoms with Gasteiger partial charge in [-0.25, -0.2) is 9.97 Å². The van der Waals surface area contributed by atoms with Gasteiger partial charge in [-0.2, -0.15) is 0 Å². The van der Waals surface area contributed by atoms with Crippen molar-refractivity contribution < 1.29 is 9.53 Å². The number of anilines is 2. The third kappa shape index (κ3) is 5.60. The van der Waals surface area contributed by atoms with Crippen molar-refractivity contribution in [2.75, 3.05) is 36.2 Å². The predicted molar refractivity (Wildman–Crippen MR) is 110 cm³/mol. The Hall–Kier alpha value is -2.28. The molecule has 1 amide bonds. The highest BCUT2D eigenvalue weighted by Gasteiger charge is 2.23. The van der Waals surface area contributed by atoms with Crippen LogP contribution in [0.1, 0.15) is 20.3 Å². The molecule has 27 heavy (non-hydrogen) atoms. The predicted octanol–water partition coefficient (Wildman–Crippen LogP) is 3.70. The lowest BCUT2D eigenvalue weighted by atomic mass is 9.92. The maximum atomic E-state index is 12.2. The molecule has 1 aromatic carbocycles. The standard InChI is InChI=1S/C20H26N4O2S/c1-14-7-15(2)11-24(10-14)18-9-20(22-13-21-18)27-12-19(25)23-16-5-4-6-17(8-16)26-3/h4-6,8-9,13-15H,7,10-12H2,1-3H3,(H,23,25)/t14-,15-/m1/s1. The van der Waals surface area contributed by atoms with E-state index in [-0.39, 0.29) is 5.91 Å². The molecular formula is C20H26N4O2S. The fourth-order valence-electron chi connectivity index (χ4n) is 3.47. The normalized spacial score (nSPS) is 19.6. The van der Waals surface area contributed by atoms with E-state index in [1.807, 2.05) is 24.3 Å². The van der Waals surface area contributed by atoms with Crippen LogP contribution in [0.25, 0.3) is 0 Å². The summed E-state index contributed by atoms with van der Waals surface area (Å²) in [5, 5.41) is 3.69. The van der Waals surface area contributed by atoms with E-state index in [1.54, 1.807) is 19.5 Å². The number of benzene rings is 1. The first-order valence-corrected chi connectivity index (χ1v) is 10.2. The van der Waals surface area contributed by atoms with Crippen LogP contribution in [0.4, 0.5) is 11.5 Å². The topological polar surface area (TPSA) is 67.3 Å². The summed E-state index contributed by atoms with van der Waals surface area (Å²) in [5.41, 5.74) is 0.722. The van der Waals surface area contributed by atoms with E-state index in [0.29, 0.717) is 23.3 Å². The molecule has 3 rings (SSSR count). The van der Waals surface area contributed by atoms with Crippen LogP contribution in [-0.2, 0) is 4.79 Å². The van der Waals surface area contributed by atoms with Gasteiger partial charge in [0.25, 0.3) is 0 Å². The Morgan fingerprint density at radius 1 is 1.26 bits per heavy atom. The molecule has 1 aromatic heterocycles. The van der Waals surface area contributed by atoms with Crippen molar-refractivity contribution in [3.8, 4) is 5.75 Å². The van der Waals surface area contributed by atoms with Crippen molar-refractivity contribution in [3.63, 3.8) is 0 Å². The molecule has 2 heterocycles. The van der Waals surface area contributed by atoms with E-state index in [0.717, 1.165) is 29.6 Å². The maximum absolute atomic E-state index is 12.2. The van der Waals surface area contributed by atoms with Gasteiger partial charge in [0.15, 0.2) is 0 Å². The van der Waals surface area contributed by atoms with Crippen LogP contribution in [0, 0.1) is 11.8 Å². The van der Waals surface area contributed by atoms with Crippen molar-refractivity contribution in [3.05, 3.63) is 36.7 Å². The molecule has 1 N–H and O–H groups in total. The van der Waals surface area contributed by atoms with E-state index in [9.17, 15) is 4.79 Å². The van der Waals surface area contributed by atoms with Crippen LogP contribution < -0.4 is 15.0 Å². The number of aromatic nitrogens is 2. The lowest BCUT2D eigenvalue weighted by Crippen LogP contribution is -2.39. The number of carbonyl (C=O) groups excluding carboxylic acids is 1. The molecule has 1 saturated heterocycles. The largest absolute Gasteiger partial charge is 0.497 e. The van der Waals surface area contributed by atoms with Gasteiger partial charge in [0, 0.05) is 30.9 Å². The van der Waals surface area contributed by atoms with Gasteiger partial charge in [0.05, 0.1) is 12.9 Å². The van der Waals surface area contributed by atoms with Gasteiger partial charge in [0.1, 0.15) is 22.9 Å². The van der Waals surface area contributed by atoms with Crippen LogP contribution in [-0.4, -0.2) is 41.8 Å². The minimum atomic E-state index is -0.0753. The van der Waals surface area contributed by atoms with Gasteiger partial charge in [-0.05, 0) is 30.4 Å². The van der Waals surface area contributed by atoms with Gasteiger partial charge in [0.2, 0.25) is 5.91 Å². The number of methoxy groups -OCH3 is 1. The van der Waals surface area contributed by atoms with E-state index in [2.05, 4.69) is 34.0 Å². The third-order valence-electron chi connectivity index (χ3n) is 4.53. The smallest absolute Gasteiger partial charge is 0.234 e. The Balaban J connectivity index is 1.57. The van der Waals surface area contributed by atoms with Gasteiger partial charge < -0.3 is 15.0 Å². The van der Waals surface area contributed by atoms with Crippen molar-refractivity contribution in [2.24, 2.45) is 11.8 Å². The summed E-state index contributed by atoms with van der Waals surface area (Å²) < 4.78 is 5.17. The second-order valence-corrected chi connectivity index (χ2v) is 8.13. The zero-order valence-corrected chi connectivity index (χ0v) is 16.8. The molecule has 1 aliphatic rings. The summed E-state index contributed by atoms with van der Waals surface area (Å²) >= 11 is 1.42. The maximum Gasteiger partial charge on any atom is 0.234 e. The van der Waals surface area contributed by atoms with Gasteiger partial charge >= 0.3 is 0 Å². The number of rotatable bonds is 6. The molecule has 0 bridgehead atoms. The van der Waals surface area contributed by atoms with E-state index >= 15 is 0 Å². The zero-order valence-electron chi connectivity index (χ0n) is 16.0. The molecule has 144 valence electrons. The highest BCUT2D eigenvalue weighted by atomic mass is 32.2. The summed E-state index contributed by atoms with van der Waals surface area (Å²) in [6, 6.07) is 9.30. The highest BCUT2D eigenvalue weighted by molar-refractivity contribution is 7.99. The Morgan fingerprint density at radius 3 is 2.78 bits per heavy atom. The molecule has 0 aliphatic carbocycles. The van der Waals surface area contributed by atoms with Gasteiger partial charge in [-0.3, -0.25) is 4.79 Å². The third-order valence-corrected chi connectivity index (χ3v) is 5.45. The van der Waals surface area contributed by atoms with Crippen LogP contribution >= 0.6 is 11.8 Å². The van der Waals surface area contributed by atoms with E-state index in [1.165, 1.54) is 18.2 Å². The van der Waals surface area contributed by atoms with Crippen molar-refractivity contribution in [1.82, 2.24) is 9.97 Å². The fourth-order valence-corrected chi connectivity index (χ4v) is 4.13. The molecule has 6 nitrogen and oxygen atoms in total. The second-order valence-electron chi connectivity index (χ2n) is 7.13. The first-order chi connectivity index (χ1) is 13.0. The van der Waals surface area contributed by atoms with Crippen LogP contribution in [0.2, 0.25) is 0 Å². The Morgan fingerprint density at radius 2 is 2.04 bits per heavy atom. The SMILES string of the molecule is COc1cccc(NC(=O)CSc2cc(N3C[C@H](C)C[C@@H](C)C3)ncn2)c1. The summed E-state index contributed by atoms with van der Waals surface area (Å²) in [7, 11) is 1.60. The average molecular weight is 387 g/mol. The molecule has 0 radical (unpaired) electrons. The summed E-state index contributed by atoms with van der Waals surface area (Å²) in [6.45, 7) is 6.59. The fraction of sp³-hybridized carbons (Fsp3) is 0.450. The number of nitrogens with one attached hydrogen (secondary N) is 1. The lowest BCUT2D eigenvalue weighted by molar-refractivity contribution is -0.113. The number of amides is 1. The van der Waals surface area contributed by atoms with Crippen molar-refractivity contribution in [1.29, 1.82) is 0 Å². The number of hydrogen-bond acceptors (Lipinski definition) is 6. The minimum Gasteiger partial charge on any atom is -0.497 e. The lowest BCUT2D eigenvalue weighted by Gasteiger charge is -2.35. The summed E-state index contributed by atoms with van der Waals surface area (Å²) in [5.74, 6) is 3.20. The number of hydrogen-bond donors (Lipinski definition) is 1. The molecule has 0 spiro atoms. The number of nitrogens with zero attached hydrogens (tertiary/aromatic N) is 3. The Bertz CT molecular complexity index is 776. The molecule has 1 fully saturated rings. The van der Waals surface area contributed by atoms with Gasteiger partial charge in [-0.15, -0.1) is 0 Å². The number of piperidine rings is 1. The quantitative estimate of drug-likeness (QED) is 0.603. The molecule has 2 aromatic rings. The number of carbonyl (C=O) groups is 1. The summed E-state index contributed by atoms with van der Waals surface area (Å²) in [4.78, 5) is 23.3. The van der Waals surface area contributed by atoms with Gasteiger partial charge in [-0.1, -0.05) is 31.7 Å². The Kier molecular flexibility index (Phi) is 6.55. The number of thioether (sulfide) groups is 1. The van der Waals surface area contributed by atoms with E-state index in [4.69, 9.17) is 4.74 Å². The molecule has 0 unspecified atom stereocenters. The van der Waals surface area contributed by atoms with Crippen LogP contribution in [0.3, 0.4) is 0 Å². The van der Waals surface area contributed by atoms with Crippen LogP contribution in [0.5, 0.6) is 5.75 Å². The monoisotopic (exact) mass is 386 g/mol. The van der Waals surface area contributed by atoms with E-state index < -0.39 is 0 Å². The average Bonchev–Trinajstić information content (AvgIpc) is 2.66. The molecule has 7 heteroatoms.